The molecule has 31 heavy (non-hydrogen) atoms. The van der Waals surface area contributed by atoms with Gasteiger partial charge in [0.1, 0.15) is 11.6 Å². The van der Waals surface area contributed by atoms with Gasteiger partial charge in [-0.05, 0) is 56.8 Å². The van der Waals surface area contributed by atoms with Gasteiger partial charge in [-0.25, -0.2) is 4.39 Å². The van der Waals surface area contributed by atoms with E-state index in [-0.39, 0.29) is 36.2 Å². The maximum atomic E-state index is 14.0. The standard InChI is InChI=1S/C23H27FN4O2.ClH/c1-13-20(23(29)28-16-6-8-25-11-16)22-18(7-9-26-22)21(27-13)17-5-4-15(24)10-19(17)30-12-14-2-3-14;/h4-5,7,9-10,14,16,21,25-27H,2-3,6,8,11-12H2,1H3,(H,28,29);1H/t16-,21?;/m1./s1. The van der Waals surface area contributed by atoms with Crippen LogP contribution < -0.4 is 20.7 Å². The summed E-state index contributed by atoms with van der Waals surface area (Å²) in [5.74, 6) is 0.738. The Morgan fingerprint density at radius 2 is 2.06 bits per heavy atom. The van der Waals surface area contributed by atoms with Gasteiger partial charge in [0.05, 0.1) is 23.9 Å². The van der Waals surface area contributed by atoms with E-state index < -0.39 is 0 Å². The molecule has 5 rings (SSSR count). The number of hydrogen-bond acceptors (Lipinski definition) is 4. The van der Waals surface area contributed by atoms with E-state index in [0.717, 1.165) is 42.0 Å². The number of aromatic nitrogens is 1. The van der Waals surface area contributed by atoms with Crippen LogP contribution in [0.2, 0.25) is 0 Å². The van der Waals surface area contributed by atoms with Crippen molar-refractivity contribution in [2.24, 2.45) is 5.92 Å². The lowest BCUT2D eigenvalue weighted by Crippen LogP contribution is -2.39. The molecule has 1 aromatic carbocycles. The molecule has 166 valence electrons. The quantitative estimate of drug-likeness (QED) is 0.549. The second-order valence-electron chi connectivity index (χ2n) is 8.49. The average Bonchev–Trinajstić information content (AvgIpc) is 3.18. The van der Waals surface area contributed by atoms with Gasteiger partial charge >= 0.3 is 0 Å². The Morgan fingerprint density at radius 3 is 2.81 bits per heavy atom. The molecule has 0 bridgehead atoms. The van der Waals surface area contributed by atoms with Crippen LogP contribution in [0.1, 0.15) is 49.0 Å². The predicted molar refractivity (Wildman–Crippen MR) is 120 cm³/mol. The van der Waals surface area contributed by atoms with Crippen LogP contribution >= 0.6 is 12.4 Å². The SMILES string of the molecule is CC1=C(C(=O)N[C@@H]2CCNC2)c2[nH]ccc2C(c2ccc(F)cc2OCC2CC2)N1.Cl. The fraction of sp³-hybridized carbons (Fsp3) is 0.435. The molecule has 4 N–H and O–H groups in total. The molecule has 6 nitrogen and oxygen atoms in total. The van der Waals surface area contributed by atoms with Crippen LogP contribution in [0, 0.1) is 11.7 Å². The normalized spacial score (nSPS) is 22.4. The van der Waals surface area contributed by atoms with Crippen LogP contribution in [0.25, 0.3) is 5.57 Å². The van der Waals surface area contributed by atoms with Gasteiger partial charge in [-0.1, -0.05) is 0 Å². The van der Waals surface area contributed by atoms with Gasteiger partial charge in [-0.2, -0.15) is 0 Å². The van der Waals surface area contributed by atoms with Crippen LogP contribution in [0.5, 0.6) is 5.75 Å². The third-order valence-electron chi connectivity index (χ3n) is 6.16. The van der Waals surface area contributed by atoms with Crippen molar-refractivity contribution in [3.05, 3.63) is 58.8 Å². The van der Waals surface area contributed by atoms with E-state index in [1.807, 2.05) is 19.2 Å². The number of fused-ring (bicyclic) bond motifs is 1. The van der Waals surface area contributed by atoms with Crippen LogP contribution in [0.4, 0.5) is 4.39 Å². The van der Waals surface area contributed by atoms with Crippen molar-refractivity contribution in [1.82, 2.24) is 20.9 Å². The van der Waals surface area contributed by atoms with Gasteiger partial charge in [0, 0.05) is 41.7 Å². The fourth-order valence-corrected chi connectivity index (χ4v) is 4.32. The second-order valence-corrected chi connectivity index (χ2v) is 8.49. The zero-order chi connectivity index (χ0) is 20.7. The number of benzene rings is 1. The molecule has 3 aliphatic rings. The van der Waals surface area contributed by atoms with Crippen molar-refractivity contribution in [3.8, 4) is 5.75 Å². The summed E-state index contributed by atoms with van der Waals surface area (Å²) in [6, 6.07) is 6.59. The summed E-state index contributed by atoms with van der Waals surface area (Å²) in [5, 5.41) is 9.87. The Labute approximate surface area is 187 Å². The van der Waals surface area contributed by atoms with E-state index >= 15 is 0 Å². The lowest BCUT2D eigenvalue weighted by atomic mass is 9.90. The second kappa shape index (κ2) is 8.93. The third kappa shape index (κ3) is 4.43. The molecule has 2 atom stereocenters. The Kier molecular flexibility index (Phi) is 6.25. The molecule has 1 aromatic heterocycles. The molecule has 2 aliphatic heterocycles. The summed E-state index contributed by atoms with van der Waals surface area (Å²) in [7, 11) is 0. The highest BCUT2D eigenvalue weighted by Gasteiger charge is 2.33. The number of ether oxygens (including phenoxy) is 1. The summed E-state index contributed by atoms with van der Waals surface area (Å²) in [6.07, 6.45) is 5.12. The number of H-pyrrole nitrogens is 1. The highest BCUT2D eigenvalue weighted by Crippen LogP contribution is 2.39. The average molecular weight is 447 g/mol. The first kappa shape index (κ1) is 21.7. The van der Waals surface area contributed by atoms with Crippen LogP contribution in [-0.2, 0) is 4.79 Å². The molecular weight excluding hydrogens is 419 g/mol. The minimum atomic E-state index is -0.313. The molecule has 1 saturated carbocycles. The first-order chi connectivity index (χ1) is 14.6. The third-order valence-corrected chi connectivity index (χ3v) is 6.16. The zero-order valence-corrected chi connectivity index (χ0v) is 18.3. The van der Waals surface area contributed by atoms with Crippen molar-refractivity contribution in [2.45, 2.75) is 38.3 Å². The first-order valence-electron chi connectivity index (χ1n) is 10.7. The van der Waals surface area contributed by atoms with E-state index in [4.69, 9.17) is 4.74 Å². The van der Waals surface area contributed by atoms with Crippen LogP contribution in [-0.4, -0.2) is 36.6 Å². The van der Waals surface area contributed by atoms with Crippen LogP contribution in [0.15, 0.2) is 36.2 Å². The van der Waals surface area contributed by atoms with Crippen LogP contribution in [0.3, 0.4) is 0 Å². The summed E-state index contributed by atoms with van der Waals surface area (Å²) in [5.41, 5.74) is 4.05. The maximum absolute atomic E-state index is 14.0. The van der Waals surface area contributed by atoms with E-state index in [1.54, 1.807) is 6.07 Å². The number of allylic oxidation sites excluding steroid dienone is 1. The summed E-state index contributed by atoms with van der Waals surface area (Å²) in [6.45, 7) is 4.24. The van der Waals surface area contributed by atoms with E-state index in [1.165, 1.54) is 25.0 Å². The van der Waals surface area contributed by atoms with Gasteiger partial charge < -0.3 is 25.7 Å². The Bertz CT molecular complexity index is 995. The lowest BCUT2D eigenvalue weighted by Gasteiger charge is -2.30. The van der Waals surface area contributed by atoms with E-state index in [2.05, 4.69) is 20.9 Å². The largest absolute Gasteiger partial charge is 0.493 e. The van der Waals surface area contributed by atoms with Gasteiger partial charge in [-0.15, -0.1) is 12.4 Å². The molecule has 2 fully saturated rings. The predicted octanol–water partition coefficient (Wildman–Crippen LogP) is 3.27. The molecule has 1 amide bonds. The summed E-state index contributed by atoms with van der Waals surface area (Å²) < 4.78 is 19.9. The van der Waals surface area contributed by atoms with Gasteiger partial charge in [0.2, 0.25) is 0 Å². The number of nitrogens with one attached hydrogen (secondary N) is 4. The van der Waals surface area contributed by atoms with Gasteiger partial charge in [0.15, 0.2) is 0 Å². The molecule has 0 radical (unpaired) electrons. The van der Waals surface area contributed by atoms with Crippen molar-refractivity contribution in [2.75, 3.05) is 19.7 Å². The fourth-order valence-electron chi connectivity index (χ4n) is 4.32. The molecule has 1 aliphatic carbocycles. The van der Waals surface area contributed by atoms with Gasteiger partial charge in [-0.3, -0.25) is 4.79 Å². The van der Waals surface area contributed by atoms with Crippen molar-refractivity contribution in [3.63, 3.8) is 0 Å². The highest BCUT2D eigenvalue weighted by molar-refractivity contribution is 6.20. The first-order valence-corrected chi connectivity index (χ1v) is 10.7. The maximum Gasteiger partial charge on any atom is 0.255 e. The monoisotopic (exact) mass is 446 g/mol. The Hall–Kier alpha value is -2.51. The smallest absolute Gasteiger partial charge is 0.255 e. The number of rotatable bonds is 6. The molecule has 2 aromatic rings. The molecule has 3 heterocycles. The zero-order valence-electron chi connectivity index (χ0n) is 17.5. The lowest BCUT2D eigenvalue weighted by molar-refractivity contribution is -0.116. The number of aromatic amines is 1. The minimum Gasteiger partial charge on any atom is -0.493 e. The number of carbonyl (C=O) groups is 1. The summed E-state index contributed by atoms with van der Waals surface area (Å²) >= 11 is 0. The molecule has 1 saturated heterocycles. The molecule has 0 spiro atoms. The summed E-state index contributed by atoms with van der Waals surface area (Å²) in [4.78, 5) is 16.3. The molecule has 8 heteroatoms. The number of amides is 1. The molecule has 1 unspecified atom stereocenters. The van der Waals surface area contributed by atoms with E-state index in [9.17, 15) is 9.18 Å². The highest BCUT2D eigenvalue weighted by atomic mass is 35.5. The molecular formula is C23H28ClFN4O2. The number of halogens is 2. The number of carbonyl (C=O) groups excluding carboxylic acids is 1. The van der Waals surface area contributed by atoms with Gasteiger partial charge in [0.25, 0.3) is 5.91 Å². The van der Waals surface area contributed by atoms with Crippen molar-refractivity contribution >= 4 is 23.9 Å². The topological polar surface area (TPSA) is 78.2 Å². The Morgan fingerprint density at radius 1 is 1.23 bits per heavy atom. The Balaban J connectivity index is 0.00000231. The van der Waals surface area contributed by atoms with Crippen molar-refractivity contribution < 1.29 is 13.9 Å². The minimum absolute atomic E-state index is 0. The number of hydrogen-bond donors (Lipinski definition) is 4. The van der Waals surface area contributed by atoms with E-state index in [0.29, 0.717) is 23.8 Å². The van der Waals surface area contributed by atoms with Crippen molar-refractivity contribution in [1.29, 1.82) is 0 Å².